The third-order valence-electron chi connectivity index (χ3n) is 5.33. The zero-order valence-corrected chi connectivity index (χ0v) is 15.0. The van der Waals surface area contributed by atoms with E-state index in [1.807, 2.05) is 18.0 Å². The van der Waals surface area contributed by atoms with Crippen molar-refractivity contribution in [1.82, 2.24) is 9.47 Å². The van der Waals surface area contributed by atoms with Gasteiger partial charge < -0.3 is 9.47 Å². The molecule has 0 aliphatic carbocycles. The van der Waals surface area contributed by atoms with Crippen LogP contribution in [-0.2, 0) is 19.4 Å². The number of carbonyl (C=O) groups is 1. The van der Waals surface area contributed by atoms with E-state index in [1.54, 1.807) is 0 Å². The number of rotatable bonds is 3. The van der Waals surface area contributed by atoms with Gasteiger partial charge in [-0.25, -0.2) is 0 Å². The van der Waals surface area contributed by atoms with Crippen LogP contribution >= 0.6 is 0 Å². The van der Waals surface area contributed by atoms with Crippen molar-refractivity contribution in [3.8, 4) is 0 Å². The molecule has 1 aliphatic heterocycles. The summed E-state index contributed by atoms with van der Waals surface area (Å²) >= 11 is 0. The zero-order chi connectivity index (χ0) is 17.4. The van der Waals surface area contributed by atoms with Crippen LogP contribution in [0.2, 0.25) is 0 Å². The van der Waals surface area contributed by atoms with Crippen molar-refractivity contribution in [3.63, 3.8) is 0 Å². The van der Waals surface area contributed by atoms with Crippen molar-refractivity contribution in [2.45, 2.75) is 32.7 Å². The van der Waals surface area contributed by atoms with Crippen LogP contribution in [0.3, 0.4) is 0 Å². The summed E-state index contributed by atoms with van der Waals surface area (Å²) in [5.74, 6) is 0.163. The van der Waals surface area contributed by atoms with Gasteiger partial charge in [0.2, 0.25) is 0 Å². The standard InChI is InChI=1S/C22H24N2O/c1-16-8-6-11-18-19-12-7-14-23(2)22(25)21(19)24(20(16)18)15-13-17-9-4-3-5-10-17/h3-6,8-11H,7,12-15H2,1-2H3. The fourth-order valence-corrected chi connectivity index (χ4v) is 4.05. The van der Waals surface area contributed by atoms with Gasteiger partial charge in [0, 0.05) is 25.5 Å². The van der Waals surface area contributed by atoms with Crippen LogP contribution in [0.1, 0.15) is 33.6 Å². The molecule has 0 fully saturated rings. The third-order valence-corrected chi connectivity index (χ3v) is 5.33. The van der Waals surface area contributed by atoms with Crippen molar-refractivity contribution in [2.24, 2.45) is 0 Å². The van der Waals surface area contributed by atoms with Gasteiger partial charge in [-0.1, -0.05) is 48.5 Å². The number of para-hydroxylation sites is 1. The lowest BCUT2D eigenvalue weighted by Crippen LogP contribution is -2.28. The van der Waals surface area contributed by atoms with E-state index in [1.165, 1.54) is 27.6 Å². The smallest absolute Gasteiger partial charge is 0.270 e. The summed E-state index contributed by atoms with van der Waals surface area (Å²) in [5, 5.41) is 1.26. The van der Waals surface area contributed by atoms with Crippen LogP contribution in [0.5, 0.6) is 0 Å². The van der Waals surface area contributed by atoms with E-state index < -0.39 is 0 Å². The fraction of sp³-hybridized carbons (Fsp3) is 0.318. The molecular weight excluding hydrogens is 308 g/mol. The first-order chi connectivity index (χ1) is 12.2. The molecule has 4 rings (SSSR count). The van der Waals surface area contributed by atoms with Gasteiger partial charge in [-0.3, -0.25) is 4.79 Å². The van der Waals surface area contributed by atoms with Gasteiger partial charge in [-0.15, -0.1) is 0 Å². The van der Waals surface area contributed by atoms with Crippen molar-refractivity contribution in [3.05, 3.63) is 70.9 Å². The maximum Gasteiger partial charge on any atom is 0.270 e. The van der Waals surface area contributed by atoms with Crippen molar-refractivity contribution in [1.29, 1.82) is 0 Å². The Labute approximate surface area is 148 Å². The molecule has 128 valence electrons. The van der Waals surface area contributed by atoms with Crippen molar-refractivity contribution < 1.29 is 4.79 Å². The van der Waals surface area contributed by atoms with Crippen LogP contribution in [0.25, 0.3) is 10.9 Å². The van der Waals surface area contributed by atoms with Crippen molar-refractivity contribution in [2.75, 3.05) is 13.6 Å². The molecule has 0 N–H and O–H groups in total. The fourth-order valence-electron chi connectivity index (χ4n) is 4.05. The normalized spacial score (nSPS) is 14.6. The highest BCUT2D eigenvalue weighted by molar-refractivity contribution is 6.02. The van der Waals surface area contributed by atoms with E-state index in [-0.39, 0.29) is 5.91 Å². The molecule has 1 aliphatic rings. The number of amides is 1. The molecule has 1 aromatic heterocycles. The summed E-state index contributed by atoms with van der Waals surface area (Å²) in [6.07, 6.45) is 2.94. The van der Waals surface area contributed by atoms with Gasteiger partial charge in [0.25, 0.3) is 5.91 Å². The quantitative estimate of drug-likeness (QED) is 0.705. The summed E-state index contributed by atoms with van der Waals surface area (Å²) < 4.78 is 2.27. The number of benzene rings is 2. The van der Waals surface area contributed by atoms with Gasteiger partial charge in [0.15, 0.2) is 0 Å². The number of nitrogens with zero attached hydrogens (tertiary/aromatic N) is 2. The maximum absolute atomic E-state index is 13.1. The number of hydrogen-bond acceptors (Lipinski definition) is 1. The average molecular weight is 332 g/mol. The van der Waals surface area contributed by atoms with E-state index in [0.29, 0.717) is 0 Å². The SMILES string of the molecule is Cc1cccc2c3c(n(CCc4ccccc4)c12)C(=O)N(C)CCC3. The molecule has 0 spiro atoms. The Kier molecular flexibility index (Phi) is 4.08. The molecule has 0 unspecified atom stereocenters. The molecule has 25 heavy (non-hydrogen) atoms. The molecule has 0 saturated carbocycles. The van der Waals surface area contributed by atoms with E-state index in [0.717, 1.165) is 38.0 Å². The molecule has 3 heteroatoms. The topological polar surface area (TPSA) is 25.2 Å². The monoisotopic (exact) mass is 332 g/mol. The van der Waals surface area contributed by atoms with Crippen LogP contribution in [0, 0.1) is 6.92 Å². The lowest BCUT2D eigenvalue weighted by molar-refractivity contribution is 0.0790. The lowest BCUT2D eigenvalue weighted by atomic mass is 10.0. The zero-order valence-electron chi connectivity index (χ0n) is 15.0. The number of hydrogen-bond donors (Lipinski definition) is 0. The van der Waals surface area contributed by atoms with Gasteiger partial charge in [0.1, 0.15) is 5.69 Å². The third kappa shape index (κ3) is 2.74. The van der Waals surface area contributed by atoms with Crippen LogP contribution in [0.15, 0.2) is 48.5 Å². The van der Waals surface area contributed by atoms with E-state index in [9.17, 15) is 4.79 Å². The second-order valence-electron chi connectivity index (χ2n) is 7.02. The summed E-state index contributed by atoms with van der Waals surface area (Å²) in [5.41, 5.74) is 5.92. The summed E-state index contributed by atoms with van der Waals surface area (Å²) in [6.45, 7) is 3.81. The minimum Gasteiger partial charge on any atom is -0.340 e. The molecule has 2 heterocycles. The Bertz CT molecular complexity index is 924. The lowest BCUT2D eigenvalue weighted by Gasteiger charge is -2.17. The highest BCUT2D eigenvalue weighted by Gasteiger charge is 2.27. The molecule has 2 aromatic carbocycles. The summed E-state index contributed by atoms with van der Waals surface area (Å²) in [7, 11) is 1.92. The Morgan fingerprint density at radius 1 is 1.04 bits per heavy atom. The summed E-state index contributed by atoms with van der Waals surface area (Å²) in [4.78, 5) is 14.9. The van der Waals surface area contributed by atoms with Crippen LogP contribution in [0.4, 0.5) is 0 Å². The summed E-state index contributed by atoms with van der Waals surface area (Å²) in [6, 6.07) is 17.0. The number of fused-ring (bicyclic) bond motifs is 3. The average Bonchev–Trinajstić information content (AvgIpc) is 2.87. The molecule has 0 radical (unpaired) electrons. The second kappa shape index (κ2) is 6.40. The predicted octanol–water partition coefficient (Wildman–Crippen LogP) is 4.21. The molecule has 1 amide bonds. The Morgan fingerprint density at radius 2 is 1.84 bits per heavy atom. The number of carbonyl (C=O) groups excluding carboxylic acids is 1. The first-order valence-electron chi connectivity index (χ1n) is 9.07. The van der Waals surface area contributed by atoms with Gasteiger partial charge in [0.05, 0.1) is 5.52 Å². The molecule has 3 nitrogen and oxygen atoms in total. The minimum absolute atomic E-state index is 0.163. The highest BCUT2D eigenvalue weighted by Crippen LogP contribution is 2.32. The molecular formula is C22H24N2O. The second-order valence-corrected chi connectivity index (χ2v) is 7.02. The molecule has 0 saturated heterocycles. The Morgan fingerprint density at radius 3 is 2.64 bits per heavy atom. The van der Waals surface area contributed by atoms with E-state index in [2.05, 4.69) is 54.0 Å². The van der Waals surface area contributed by atoms with Crippen molar-refractivity contribution >= 4 is 16.8 Å². The number of aryl methyl sites for hydroxylation is 4. The van der Waals surface area contributed by atoms with E-state index in [4.69, 9.17) is 0 Å². The minimum atomic E-state index is 0.163. The van der Waals surface area contributed by atoms with Crippen LogP contribution < -0.4 is 0 Å². The molecule has 0 bridgehead atoms. The largest absolute Gasteiger partial charge is 0.340 e. The first-order valence-corrected chi connectivity index (χ1v) is 9.07. The Balaban J connectivity index is 1.86. The first kappa shape index (κ1) is 15.9. The van der Waals surface area contributed by atoms with E-state index >= 15 is 0 Å². The van der Waals surface area contributed by atoms with Crippen LogP contribution in [-0.4, -0.2) is 29.0 Å². The molecule has 0 atom stereocenters. The number of aromatic nitrogens is 1. The molecule has 3 aromatic rings. The highest BCUT2D eigenvalue weighted by atomic mass is 16.2. The maximum atomic E-state index is 13.1. The van der Waals surface area contributed by atoms with Gasteiger partial charge >= 0.3 is 0 Å². The van der Waals surface area contributed by atoms with Gasteiger partial charge in [-0.2, -0.15) is 0 Å². The Hall–Kier alpha value is -2.55. The predicted molar refractivity (Wildman–Crippen MR) is 102 cm³/mol. The van der Waals surface area contributed by atoms with Gasteiger partial charge in [-0.05, 0) is 42.9 Å².